The van der Waals surface area contributed by atoms with E-state index in [0.29, 0.717) is 16.9 Å². The summed E-state index contributed by atoms with van der Waals surface area (Å²) in [6.07, 6.45) is 3.55. The highest BCUT2D eigenvalue weighted by atomic mass is 35.5. The van der Waals surface area contributed by atoms with E-state index in [9.17, 15) is 19.8 Å². The number of rotatable bonds is 4. The molecule has 4 rings (SSSR count). The lowest BCUT2D eigenvalue weighted by Crippen LogP contribution is -2.37. The van der Waals surface area contributed by atoms with Crippen molar-refractivity contribution in [2.75, 3.05) is 7.11 Å². The third-order valence-corrected chi connectivity index (χ3v) is 7.07. The van der Waals surface area contributed by atoms with Gasteiger partial charge in [-0.05, 0) is 54.2 Å². The molecule has 0 aromatic heterocycles. The van der Waals surface area contributed by atoms with Crippen molar-refractivity contribution in [1.82, 2.24) is 4.90 Å². The van der Waals surface area contributed by atoms with Gasteiger partial charge in [-0.2, -0.15) is 0 Å². The van der Waals surface area contributed by atoms with Gasteiger partial charge in [0.15, 0.2) is 0 Å². The molecule has 2 aromatic carbocycles. The Morgan fingerprint density at radius 3 is 2.35 bits per heavy atom. The van der Waals surface area contributed by atoms with Crippen LogP contribution in [0.15, 0.2) is 42.0 Å². The zero-order valence-corrected chi connectivity index (χ0v) is 20.6. The molecule has 1 atom stereocenters. The fourth-order valence-corrected chi connectivity index (χ4v) is 5.22. The van der Waals surface area contributed by atoms with Gasteiger partial charge in [0.2, 0.25) is 0 Å². The molecular formula is C27H30ClNO5. The number of amides is 1. The molecule has 1 aliphatic carbocycles. The molecule has 0 radical (unpaired) electrons. The van der Waals surface area contributed by atoms with Gasteiger partial charge >= 0.3 is 0 Å². The summed E-state index contributed by atoms with van der Waals surface area (Å²) < 4.78 is 5.50. The van der Waals surface area contributed by atoms with Crippen molar-refractivity contribution in [2.45, 2.75) is 64.0 Å². The summed E-state index contributed by atoms with van der Waals surface area (Å²) in [5.41, 5.74) is 1.63. The number of Topliss-reactive ketones (excluding diaryl/α,β-unsaturated/α-hetero) is 1. The molecule has 1 amide bonds. The smallest absolute Gasteiger partial charge is 0.295 e. The summed E-state index contributed by atoms with van der Waals surface area (Å²) in [6.45, 7) is 6.10. The maximum absolute atomic E-state index is 13.3. The standard InChI is InChI=1S/C27H30ClNO5/c1-27(2,3)18-13-16(10-12-21(18)34-4)24(31)22-23(15-9-11-20(30)19(28)14-15)29(26(33)25(22)32)17-7-5-6-8-17/h9-14,17,23,30-31H,5-8H2,1-4H3/b24-22-. The summed E-state index contributed by atoms with van der Waals surface area (Å²) in [6, 6.07) is 9.00. The summed E-state index contributed by atoms with van der Waals surface area (Å²) in [4.78, 5) is 28.1. The first-order chi connectivity index (χ1) is 16.0. The van der Waals surface area contributed by atoms with Crippen LogP contribution in [-0.2, 0) is 15.0 Å². The fourth-order valence-electron chi connectivity index (χ4n) is 5.03. The summed E-state index contributed by atoms with van der Waals surface area (Å²) in [5, 5.41) is 21.5. The van der Waals surface area contributed by atoms with Crippen LogP contribution in [-0.4, -0.2) is 40.0 Å². The lowest BCUT2D eigenvalue weighted by molar-refractivity contribution is -0.141. The van der Waals surface area contributed by atoms with Crippen LogP contribution < -0.4 is 4.74 Å². The molecule has 2 fully saturated rings. The Bertz CT molecular complexity index is 1170. The van der Waals surface area contributed by atoms with E-state index in [2.05, 4.69) is 0 Å². The number of aliphatic hydroxyl groups excluding tert-OH is 1. The van der Waals surface area contributed by atoms with Gasteiger partial charge in [-0.25, -0.2) is 0 Å². The molecule has 2 aliphatic rings. The van der Waals surface area contributed by atoms with Crippen molar-refractivity contribution >= 4 is 29.1 Å². The summed E-state index contributed by atoms with van der Waals surface area (Å²) in [7, 11) is 1.59. The number of methoxy groups -OCH3 is 1. The maximum atomic E-state index is 13.3. The number of carbonyl (C=O) groups is 2. The van der Waals surface area contributed by atoms with Gasteiger partial charge in [0.1, 0.15) is 17.3 Å². The highest BCUT2D eigenvalue weighted by molar-refractivity contribution is 6.46. The Balaban J connectivity index is 1.92. The molecular weight excluding hydrogens is 454 g/mol. The second-order valence-electron chi connectivity index (χ2n) is 10.0. The van der Waals surface area contributed by atoms with Crippen molar-refractivity contribution in [2.24, 2.45) is 0 Å². The monoisotopic (exact) mass is 483 g/mol. The normalized spacial score (nSPS) is 20.9. The fraction of sp³-hybridized carbons (Fsp3) is 0.407. The second kappa shape index (κ2) is 8.99. The van der Waals surface area contributed by atoms with E-state index in [-0.39, 0.29) is 33.6 Å². The van der Waals surface area contributed by atoms with Crippen LogP contribution in [0.4, 0.5) is 0 Å². The number of ether oxygens (including phenoxy) is 1. The number of hydrogen-bond acceptors (Lipinski definition) is 5. The van der Waals surface area contributed by atoms with Gasteiger partial charge < -0.3 is 19.8 Å². The number of carbonyl (C=O) groups excluding carboxylic acids is 2. The van der Waals surface area contributed by atoms with Gasteiger partial charge in [0, 0.05) is 17.2 Å². The third-order valence-electron chi connectivity index (χ3n) is 6.77. The van der Waals surface area contributed by atoms with Crippen LogP contribution in [0.2, 0.25) is 5.02 Å². The van der Waals surface area contributed by atoms with Crippen LogP contribution in [0.1, 0.15) is 69.2 Å². The van der Waals surface area contributed by atoms with Gasteiger partial charge in [0.05, 0.1) is 23.7 Å². The molecule has 6 nitrogen and oxygen atoms in total. The number of nitrogens with zero attached hydrogens (tertiary/aromatic N) is 1. The van der Waals surface area contributed by atoms with E-state index in [0.717, 1.165) is 31.2 Å². The number of likely N-dealkylation sites (tertiary alicyclic amines) is 1. The molecule has 180 valence electrons. The summed E-state index contributed by atoms with van der Waals surface area (Å²) in [5.74, 6) is -0.981. The highest BCUT2D eigenvalue weighted by Gasteiger charge is 2.49. The van der Waals surface area contributed by atoms with Gasteiger partial charge in [0.25, 0.3) is 11.7 Å². The number of halogens is 1. The Morgan fingerprint density at radius 1 is 1.09 bits per heavy atom. The van der Waals surface area contributed by atoms with Gasteiger partial charge in [-0.15, -0.1) is 0 Å². The first-order valence-corrected chi connectivity index (χ1v) is 11.9. The average molecular weight is 484 g/mol. The molecule has 2 N–H and O–H groups in total. The zero-order chi connectivity index (χ0) is 24.8. The molecule has 34 heavy (non-hydrogen) atoms. The lowest BCUT2D eigenvalue weighted by Gasteiger charge is -2.31. The first kappa shape index (κ1) is 24.1. The Kier molecular flexibility index (Phi) is 6.38. The van der Waals surface area contributed by atoms with Gasteiger partial charge in [-0.1, -0.05) is 51.3 Å². The van der Waals surface area contributed by atoms with Crippen molar-refractivity contribution in [3.63, 3.8) is 0 Å². The number of benzene rings is 2. The van der Waals surface area contributed by atoms with Crippen molar-refractivity contribution in [3.8, 4) is 11.5 Å². The zero-order valence-electron chi connectivity index (χ0n) is 19.9. The number of aliphatic hydroxyl groups is 1. The van der Waals surface area contributed by atoms with Crippen LogP contribution >= 0.6 is 11.6 Å². The van der Waals surface area contributed by atoms with E-state index in [1.54, 1.807) is 42.3 Å². The Labute approximate surface area is 204 Å². The molecule has 1 unspecified atom stereocenters. The molecule has 1 saturated carbocycles. The predicted molar refractivity (Wildman–Crippen MR) is 131 cm³/mol. The topological polar surface area (TPSA) is 87.1 Å². The lowest BCUT2D eigenvalue weighted by atomic mass is 9.84. The van der Waals surface area contributed by atoms with Crippen LogP contribution in [0.25, 0.3) is 5.76 Å². The molecule has 1 heterocycles. The number of ketones is 1. The van der Waals surface area contributed by atoms with Crippen molar-refractivity contribution in [1.29, 1.82) is 0 Å². The molecule has 0 spiro atoms. The quantitative estimate of drug-likeness (QED) is 0.330. The molecule has 2 aromatic rings. The van der Waals surface area contributed by atoms with Crippen LogP contribution in [0.3, 0.4) is 0 Å². The Hall–Kier alpha value is -2.99. The van der Waals surface area contributed by atoms with Crippen LogP contribution in [0, 0.1) is 0 Å². The number of hydrogen-bond donors (Lipinski definition) is 2. The number of phenols is 1. The van der Waals surface area contributed by atoms with E-state index >= 15 is 0 Å². The average Bonchev–Trinajstić information content (AvgIpc) is 3.41. The molecule has 1 saturated heterocycles. The number of aromatic hydroxyl groups is 1. The SMILES string of the molecule is COc1ccc(/C(O)=C2/C(=O)C(=O)N(C3CCCC3)C2c2ccc(O)c(Cl)c2)cc1C(C)(C)C. The van der Waals surface area contributed by atoms with E-state index in [1.807, 2.05) is 20.8 Å². The second-order valence-corrected chi connectivity index (χ2v) is 10.4. The van der Waals surface area contributed by atoms with Gasteiger partial charge in [-0.3, -0.25) is 9.59 Å². The van der Waals surface area contributed by atoms with E-state index in [4.69, 9.17) is 16.3 Å². The van der Waals surface area contributed by atoms with Crippen LogP contribution in [0.5, 0.6) is 11.5 Å². The van der Waals surface area contributed by atoms with Crippen molar-refractivity contribution in [3.05, 3.63) is 63.7 Å². The third kappa shape index (κ3) is 4.16. The minimum atomic E-state index is -0.790. The molecule has 7 heteroatoms. The predicted octanol–water partition coefficient (Wildman–Crippen LogP) is 5.72. The minimum absolute atomic E-state index is 0.0312. The minimum Gasteiger partial charge on any atom is -0.507 e. The number of phenolic OH excluding ortho intramolecular Hbond substituents is 1. The van der Waals surface area contributed by atoms with E-state index in [1.165, 1.54) is 6.07 Å². The highest BCUT2D eigenvalue weighted by Crippen LogP contribution is 2.45. The molecule has 1 aliphatic heterocycles. The summed E-state index contributed by atoms with van der Waals surface area (Å²) >= 11 is 6.19. The van der Waals surface area contributed by atoms with Crippen molar-refractivity contribution < 1.29 is 24.5 Å². The Morgan fingerprint density at radius 2 is 1.76 bits per heavy atom. The molecule has 0 bridgehead atoms. The van der Waals surface area contributed by atoms with E-state index < -0.39 is 17.7 Å². The largest absolute Gasteiger partial charge is 0.507 e. The first-order valence-electron chi connectivity index (χ1n) is 11.5. The maximum Gasteiger partial charge on any atom is 0.295 e.